The van der Waals surface area contributed by atoms with Crippen molar-refractivity contribution in [3.8, 4) is 0 Å². The number of halogens is 3. The number of piperazine rings is 1. The van der Waals surface area contributed by atoms with Crippen LogP contribution in [-0.2, 0) is 23.9 Å². The molecule has 4 rings (SSSR count). The number of carbonyl (C=O) groups excluding carboxylic acids is 2. The van der Waals surface area contributed by atoms with E-state index in [9.17, 15) is 22.8 Å². The topological polar surface area (TPSA) is 40.6 Å². The van der Waals surface area contributed by atoms with Crippen molar-refractivity contribution in [1.29, 1.82) is 0 Å². The lowest BCUT2D eigenvalue weighted by molar-refractivity contribution is -0.139. The molecule has 0 unspecified atom stereocenters. The van der Waals surface area contributed by atoms with E-state index in [2.05, 4.69) is 6.58 Å². The van der Waals surface area contributed by atoms with Gasteiger partial charge in [0.1, 0.15) is 6.54 Å². The minimum atomic E-state index is -4.46. The van der Waals surface area contributed by atoms with Crippen molar-refractivity contribution in [2.24, 2.45) is 0 Å². The second-order valence-corrected chi connectivity index (χ2v) is 8.91. The van der Waals surface area contributed by atoms with Crippen molar-refractivity contribution in [3.63, 3.8) is 0 Å². The molecule has 2 amide bonds. The Morgan fingerprint density at radius 3 is 2.33 bits per heavy atom. The number of benzene rings is 3. The van der Waals surface area contributed by atoms with Crippen LogP contribution in [0, 0.1) is 0 Å². The number of alkyl halides is 3. The highest BCUT2D eigenvalue weighted by Crippen LogP contribution is 2.30. The van der Waals surface area contributed by atoms with E-state index in [1.54, 1.807) is 41.3 Å². The van der Waals surface area contributed by atoms with Crippen LogP contribution in [0.25, 0.3) is 6.08 Å². The molecule has 0 radical (unpaired) electrons. The smallest absolute Gasteiger partial charge is 0.332 e. The van der Waals surface area contributed by atoms with E-state index >= 15 is 0 Å². The molecule has 0 saturated carbocycles. The molecule has 0 aliphatic carbocycles. The largest absolute Gasteiger partial charge is 0.416 e. The molecule has 4 nitrogen and oxygen atoms in total. The highest BCUT2D eigenvalue weighted by Gasteiger charge is 2.35. The van der Waals surface area contributed by atoms with Crippen molar-refractivity contribution >= 4 is 17.9 Å². The highest BCUT2D eigenvalue weighted by atomic mass is 19.4. The summed E-state index contributed by atoms with van der Waals surface area (Å²) in [4.78, 5) is 29.6. The van der Waals surface area contributed by atoms with Crippen molar-refractivity contribution in [2.45, 2.75) is 31.6 Å². The summed E-state index contributed by atoms with van der Waals surface area (Å²) in [6, 6.07) is 21.5. The second-order valence-electron chi connectivity index (χ2n) is 8.91. The third-order valence-electron chi connectivity index (χ3n) is 6.42. The van der Waals surface area contributed by atoms with Gasteiger partial charge in [-0.05, 0) is 53.8 Å². The van der Waals surface area contributed by atoms with Crippen molar-refractivity contribution in [1.82, 2.24) is 9.80 Å². The van der Waals surface area contributed by atoms with E-state index in [0.717, 1.165) is 23.3 Å². The van der Waals surface area contributed by atoms with Crippen LogP contribution in [0.3, 0.4) is 0 Å². The van der Waals surface area contributed by atoms with Crippen LogP contribution in [0.2, 0.25) is 0 Å². The molecule has 3 aromatic carbocycles. The van der Waals surface area contributed by atoms with Crippen LogP contribution >= 0.6 is 0 Å². The summed E-state index contributed by atoms with van der Waals surface area (Å²) in [6.45, 7) is 3.95. The number of nitrogens with zero attached hydrogens (tertiary/aromatic N) is 2. The van der Waals surface area contributed by atoms with E-state index in [1.165, 1.54) is 11.0 Å². The average Bonchev–Trinajstić information content (AvgIpc) is 2.89. The number of aryl methyl sites for hydroxylation is 1. The van der Waals surface area contributed by atoms with Gasteiger partial charge in [-0.25, -0.2) is 0 Å². The Morgan fingerprint density at radius 2 is 1.67 bits per heavy atom. The third-order valence-corrected chi connectivity index (χ3v) is 6.42. The fourth-order valence-electron chi connectivity index (χ4n) is 4.46. The molecule has 0 aromatic heterocycles. The first-order valence-corrected chi connectivity index (χ1v) is 11.8. The van der Waals surface area contributed by atoms with Crippen LogP contribution in [0.4, 0.5) is 13.2 Å². The van der Waals surface area contributed by atoms with Crippen molar-refractivity contribution < 1.29 is 22.8 Å². The first-order valence-electron chi connectivity index (χ1n) is 11.8. The minimum absolute atomic E-state index is 0.0538. The quantitative estimate of drug-likeness (QED) is 0.416. The summed E-state index contributed by atoms with van der Waals surface area (Å²) in [5.74, 6) is -0.532. The molecule has 186 valence electrons. The number of hydrogen-bond donors (Lipinski definition) is 0. The highest BCUT2D eigenvalue weighted by molar-refractivity contribution is 5.97. The van der Waals surface area contributed by atoms with E-state index in [4.69, 9.17) is 0 Å². The Morgan fingerprint density at radius 1 is 0.972 bits per heavy atom. The molecule has 1 aliphatic rings. The fourth-order valence-corrected chi connectivity index (χ4v) is 4.46. The predicted octanol–water partition coefficient (Wildman–Crippen LogP) is 5.83. The van der Waals surface area contributed by atoms with Gasteiger partial charge in [-0.3, -0.25) is 9.59 Å². The van der Waals surface area contributed by atoms with Crippen LogP contribution in [0.1, 0.15) is 39.0 Å². The number of hydrogen-bond acceptors (Lipinski definition) is 2. The number of rotatable bonds is 7. The zero-order chi connectivity index (χ0) is 25.7. The van der Waals surface area contributed by atoms with Gasteiger partial charge in [0.15, 0.2) is 0 Å². The van der Waals surface area contributed by atoms with E-state index in [-0.39, 0.29) is 30.9 Å². The van der Waals surface area contributed by atoms with E-state index in [1.807, 2.05) is 30.3 Å². The van der Waals surface area contributed by atoms with E-state index in [0.29, 0.717) is 30.5 Å². The van der Waals surface area contributed by atoms with Gasteiger partial charge in [0, 0.05) is 18.7 Å². The Balaban J connectivity index is 1.56. The normalized spacial score (nSPS) is 16.2. The standard InChI is InChI=1S/C29H27F3N2O2/c1-2-21-11-14-24(15-12-21)28(36)33-19-26(16-13-22-7-4-3-5-8-22)34(27(35)20-33)18-23-9-6-10-25(17-23)29(30,31)32/h2-12,14-15,17,26H,1,13,16,18-20H2/t26-/m0/s1. The van der Waals surface area contributed by atoms with Gasteiger partial charge in [0.25, 0.3) is 5.91 Å². The third kappa shape index (κ3) is 6.03. The predicted molar refractivity (Wildman–Crippen MR) is 133 cm³/mol. The molecule has 36 heavy (non-hydrogen) atoms. The maximum atomic E-state index is 13.2. The van der Waals surface area contributed by atoms with Gasteiger partial charge in [0.2, 0.25) is 5.91 Å². The molecule has 0 spiro atoms. The average molecular weight is 493 g/mol. The maximum absolute atomic E-state index is 13.2. The van der Waals surface area contributed by atoms with Gasteiger partial charge < -0.3 is 9.80 Å². The maximum Gasteiger partial charge on any atom is 0.416 e. The Kier molecular flexibility index (Phi) is 7.58. The Labute approximate surface area is 208 Å². The molecular weight excluding hydrogens is 465 g/mol. The van der Waals surface area contributed by atoms with Crippen LogP contribution < -0.4 is 0 Å². The lowest BCUT2D eigenvalue weighted by Gasteiger charge is -2.41. The zero-order valence-corrected chi connectivity index (χ0v) is 19.7. The molecule has 1 fully saturated rings. The Hall–Kier alpha value is -3.87. The molecule has 3 aromatic rings. The molecule has 1 atom stereocenters. The van der Waals surface area contributed by atoms with Gasteiger partial charge in [-0.15, -0.1) is 0 Å². The SMILES string of the molecule is C=Cc1ccc(C(=O)N2CC(=O)N(Cc3cccc(C(F)(F)F)c3)[C@@H](CCc3ccccc3)C2)cc1. The molecule has 1 heterocycles. The summed E-state index contributed by atoms with van der Waals surface area (Å²) in [6.07, 6.45) is -1.52. The first-order chi connectivity index (χ1) is 17.2. The Bertz CT molecular complexity index is 1220. The summed E-state index contributed by atoms with van der Waals surface area (Å²) in [5, 5.41) is 0. The molecule has 1 aliphatic heterocycles. The van der Waals surface area contributed by atoms with Crippen LogP contribution in [0.15, 0.2) is 85.4 Å². The lowest BCUT2D eigenvalue weighted by atomic mass is 9.99. The molecular formula is C29H27F3N2O2. The molecule has 1 saturated heterocycles. The van der Waals surface area contributed by atoms with Gasteiger partial charge in [-0.2, -0.15) is 13.2 Å². The molecule has 0 bridgehead atoms. The number of amides is 2. The summed E-state index contributed by atoms with van der Waals surface area (Å²) in [5.41, 5.74) is 2.11. The second kappa shape index (κ2) is 10.8. The lowest BCUT2D eigenvalue weighted by Crippen LogP contribution is -2.57. The fraction of sp³-hybridized carbons (Fsp3) is 0.241. The first kappa shape index (κ1) is 25.2. The molecule has 7 heteroatoms. The monoisotopic (exact) mass is 492 g/mol. The zero-order valence-electron chi connectivity index (χ0n) is 19.7. The molecule has 0 N–H and O–H groups in total. The summed E-state index contributed by atoms with van der Waals surface area (Å²) >= 11 is 0. The summed E-state index contributed by atoms with van der Waals surface area (Å²) < 4.78 is 39.7. The van der Waals surface area contributed by atoms with Crippen LogP contribution in [0.5, 0.6) is 0 Å². The van der Waals surface area contributed by atoms with Crippen LogP contribution in [-0.4, -0.2) is 40.7 Å². The van der Waals surface area contributed by atoms with Gasteiger partial charge in [-0.1, -0.05) is 67.3 Å². The van der Waals surface area contributed by atoms with Crippen molar-refractivity contribution in [3.05, 3.63) is 113 Å². The summed E-state index contributed by atoms with van der Waals surface area (Å²) in [7, 11) is 0. The van der Waals surface area contributed by atoms with Crippen molar-refractivity contribution in [2.75, 3.05) is 13.1 Å². The van der Waals surface area contributed by atoms with Gasteiger partial charge >= 0.3 is 6.18 Å². The van der Waals surface area contributed by atoms with E-state index < -0.39 is 11.7 Å². The van der Waals surface area contributed by atoms with Gasteiger partial charge in [0.05, 0.1) is 11.6 Å². The number of carbonyl (C=O) groups is 2. The minimum Gasteiger partial charge on any atom is -0.332 e.